The Morgan fingerprint density at radius 2 is 1.21 bits per heavy atom. The quantitative estimate of drug-likeness (QED) is 0.688. The van der Waals surface area contributed by atoms with Crippen molar-refractivity contribution in [2.24, 2.45) is 0 Å². The highest BCUT2D eigenvalue weighted by Gasteiger charge is 2.17. The van der Waals surface area contributed by atoms with E-state index in [-0.39, 0.29) is 22.3 Å². The van der Waals surface area contributed by atoms with Gasteiger partial charge in [-0.2, -0.15) is 0 Å². The second kappa shape index (κ2) is 7.00. The highest BCUT2D eigenvalue weighted by Crippen LogP contribution is 2.30. The fourth-order valence-electron chi connectivity index (χ4n) is 0.661. The van der Waals surface area contributed by atoms with Gasteiger partial charge in [-0.25, -0.2) is 0 Å². The molecule has 82 valence electrons. The highest BCUT2D eigenvalue weighted by molar-refractivity contribution is 8.77. The van der Waals surface area contributed by atoms with Gasteiger partial charge < -0.3 is 10.6 Å². The van der Waals surface area contributed by atoms with Crippen LogP contribution in [-0.2, 0) is 9.59 Å². The molecule has 14 heavy (non-hydrogen) atoms. The maximum absolute atomic E-state index is 11.1. The number of hydrogen-bond donors (Lipinski definition) is 2. The van der Waals surface area contributed by atoms with E-state index in [1.807, 2.05) is 13.8 Å². The fraction of sp³-hybridized carbons (Fsp3) is 0.750. The minimum atomic E-state index is -0.142. The molecule has 2 unspecified atom stereocenters. The summed E-state index contributed by atoms with van der Waals surface area (Å²) in [5, 5.41) is 4.83. The van der Waals surface area contributed by atoms with Crippen LogP contribution in [0.2, 0.25) is 0 Å². The molecular weight excluding hydrogens is 220 g/mol. The molecule has 0 aromatic heterocycles. The Kier molecular flexibility index (Phi) is 6.82. The fourth-order valence-corrected chi connectivity index (χ4v) is 2.93. The number of rotatable bonds is 5. The summed E-state index contributed by atoms with van der Waals surface area (Å²) in [4.78, 5) is 22.2. The molecule has 0 fully saturated rings. The van der Waals surface area contributed by atoms with Crippen molar-refractivity contribution < 1.29 is 9.59 Å². The first kappa shape index (κ1) is 13.6. The lowest BCUT2D eigenvalue weighted by molar-refractivity contribution is -0.120. The maximum atomic E-state index is 11.1. The molecule has 0 aliphatic heterocycles. The molecule has 0 heterocycles. The first-order valence-corrected chi connectivity index (χ1v) is 6.55. The third-order valence-electron chi connectivity index (χ3n) is 1.58. The van der Waals surface area contributed by atoms with Gasteiger partial charge in [-0.15, -0.1) is 0 Å². The molecule has 0 saturated heterocycles. The lowest BCUT2D eigenvalue weighted by Gasteiger charge is -2.12. The van der Waals surface area contributed by atoms with Crippen LogP contribution in [0.5, 0.6) is 0 Å². The van der Waals surface area contributed by atoms with Crippen LogP contribution in [0, 0.1) is 0 Å². The standard InChI is InChI=1S/C8H16N2O2S2/c1-5(7(11)9-3)13-14-6(2)8(12)10-4/h5-6H,1-4H3,(H,9,11)(H,10,12). The van der Waals surface area contributed by atoms with Crippen molar-refractivity contribution in [3.63, 3.8) is 0 Å². The maximum Gasteiger partial charge on any atom is 0.233 e. The van der Waals surface area contributed by atoms with E-state index in [1.54, 1.807) is 14.1 Å². The number of amides is 2. The molecular formula is C8H16N2O2S2. The summed E-state index contributed by atoms with van der Waals surface area (Å²) in [6.45, 7) is 3.63. The molecule has 0 bridgehead atoms. The summed E-state index contributed by atoms with van der Waals surface area (Å²) in [6.07, 6.45) is 0. The predicted molar refractivity (Wildman–Crippen MR) is 62.2 cm³/mol. The van der Waals surface area contributed by atoms with Crippen LogP contribution in [0.25, 0.3) is 0 Å². The van der Waals surface area contributed by atoms with Gasteiger partial charge in [-0.3, -0.25) is 9.59 Å². The summed E-state index contributed by atoms with van der Waals surface area (Å²) < 4.78 is 0. The van der Waals surface area contributed by atoms with Gasteiger partial charge in [0, 0.05) is 14.1 Å². The third kappa shape index (κ3) is 4.76. The van der Waals surface area contributed by atoms with Crippen LogP contribution < -0.4 is 10.6 Å². The molecule has 6 heteroatoms. The number of carbonyl (C=O) groups excluding carboxylic acids is 2. The van der Waals surface area contributed by atoms with Crippen molar-refractivity contribution in [1.82, 2.24) is 10.6 Å². The number of carbonyl (C=O) groups is 2. The molecule has 4 nitrogen and oxygen atoms in total. The first-order chi connectivity index (χ1) is 6.52. The summed E-state index contributed by atoms with van der Waals surface area (Å²) in [7, 11) is 6.02. The molecule has 2 atom stereocenters. The molecule has 0 aliphatic rings. The van der Waals surface area contributed by atoms with Crippen LogP contribution in [-0.4, -0.2) is 36.4 Å². The molecule has 0 aromatic carbocycles. The summed E-state index contributed by atoms with van der Waals surface area (Å²) in [5.74, 6) is -0.0433. The van der Waals surface area contributed by atoms with Gasteiger partial charge >= 0.3 is 0 Å². The summed E-state index contributed by atoms with van der Waals surface area (Å²) >= 11 is 0. The van der Waals surface area contributed by atoms with Gasteiger partial charge in [0.1, 0.15) is 0 Å². The monoisotopic (exact) mass is 236 g/mol. The van der Waals surface area contributed by atoms with Gasteiger partial charge in [0.2, 0.25) is 11.8 Å². The largest absolute Gasteiger partial charge is 0.358 e. The molecule has 0 aromatic rings. The third-order valence-corrected chi connectivity index (χ3v) is 4.76. The average molecular weight is 236 g/mol. The number of nitrogens with one attached hydrogen (secondary N) is 2. The normalized spacial score (nSPS) is 14.3. The second-order valence-electron chi connectivity index (χ2n) is 2.71. The molecule has 0 saturated carbocycles. The van der Waals surface area contributed by atoms with Crippen LogP contribution in [0.3, 0.4) is 0 Å². The average Bonchev–Trinajstić information content (AvgIpc) is 2.22. The Hall–Kier alpha value is -0.360. The van der Waals surface area contributed by atoms with Gasteiger partial charge in [0.05, 0.1) is 10.5 Å². The van der Waals surface area contributed by atoms with Crippen LogP contribution in [0.4, 0.5) is 0 Å². The molecule has 0 aliphatic carbocycles. The Balaban J connectivity index is 3.82. The van der Waals surface area contributed by atoms with E-state index in [0.717, 1.165) is 0 Å². The molecule has 0 radical (unpaired) electrons. The van der Waals surface area contributed by atoms with E-state index in [2.05, 4.69) is 10.6 Å². The van der Waals surface area contributed by atoms with Gasteiger partial charge in [0.15, 0.2) is 0 Å². The minimum absolute atomic E-state index is 0.0217. The zero-order valence-corrected chi connectivity index (χ0v) is 10.4. The van der Waals surface area contributed by atoms with Crippen molar-refractivity contribution in [2.75, 3.05) is 14.1 Å². The smallest absolute Gasteiger partial charge is 0.233 e. The Labute approximate surface area is 92.4 Å². The molecule has 2 amide bonds. The Morgan fingerprint density at radius 1 is 0.929 bits per heavy atom. The predicted octanol–water partition coefficient (Wildman–Crippen LogP) is 0.637. The van der Waals surface area contributed by atoms with Gasteiger partial charge in [-0.05, 0) is 13.8 Å². The van der Waals surface area contributed by atoms with Crippen LogP contribution in [0.1, 0.15) is 13.8 Å². The van der Waals surface area contributed by atoms with Crippen molar-refractivity contribution in [2.45, 2.75) is 24.3 Å². The molecule has 0 spiro atoms. The van der Waals surface area contributed by atoms with Crippen LogP contribution >= 0.6 is 21.6 Å². The van der Waals surface area contributed by atoms with E-state index < -0.39 is 0 Å². The van der Waals surface area contributed by atoms with E-state index in [4.69, 9.17) is 0 Å². The van der Waals surface area contributed by atoms with Crippen molar-refractivity contribution >= 4 is 33.4 Å². The summed E-state index contributed by atoms with van der Waals surface area (Å²) in [6, 6.07) is 0. The van der Waals surface area contributed by atoms with Crippen molar-refractivity contribution in [3.05, 3.63) is 0 Å². The number of hydrogen-bond acceptors (Lipinski definition) is 4. The lowest BCUT2D eigenvalue weighted by atomic mass is 10.4. The molecule has 0 rings (SSSR count). The highest BCUT2D eigenvalue weighted by atomic mass is 33.1. The van der Waals surface area contributed by atoms with E-state index >= 15 is 0 Å². The SMILES string of the molecule is CNC(=O)C(C)SSC(C)C(=O)NC. The van der Waals surface area contributed by atoms with Gasteiger partial charge in [-0.1, -0.05) is 21.6 Å². The minimum Gasteiger partial charge on any atom is -0.358 e. The molecule has 2 N–H and O–H groups in total. The first-order valence-electron chi connectivity index (χ1n) is 4.28. The van der Waals surface area contributed by atoms with E-state index in [9.17, 15) is 9.59 Å². The zero-order chi connectivity index (χ0) is 11.1. The Morgan fingerprint density at radius 3 is 1.43 bits per heavy atom. The van der Waals surface area contributed by atoms with Gasteiger partial charge in [0.25, 0.3) is 0 Å². The van der Waals surface area contributed by atoms with E-state index in [0.29, 0.717) is 0 Å². The zero-order valence-electron chi connectivity index (χ0n) is 8.79. The van der Waals surface area contributed by atoms with E-state index in [1.165, 1.54) is 21.6 Å². The lowest BCUT2D eigenvalue weighted by Crippen LogP contribution is -2.29. The topological polar surface area (TPSA) is 58.2 Å². The second-order valence-corrected chi connectivity index (χ2v) is 5.66. The van der Waals surface area contributed by atoms with Crippen molar-refractivity contribution in [3.8, 4) is 0 Å². The summed E-state index contributed by atoms with van der Waals surface area (Å²) in [5.41, 5.74) is 0. The van der Waals surface area contributed by atoms with Crippen molar-refractivity contribution in [1.29, 1.82) is 0 Å². The van der Waals surface area contributed by atoms with Crippen LogP contribution in [0.15, 0.2) is 0 Å². The Bertz CT molecular complexity index is 190.